The van der Waals surface area contributed by atoms with E-state index < -0.39 is 0 Å². The number of aryl methyl sites for hydroxylation is 2. The van der Waals surface area contributed by atoms with Crippen molar-refractivity contribution in [1.29, 1.82) is 0 Å². The van der Waals surface area contributed by atoms with Gasteiger partial charge in [0.25, 0.3) is 5.91 Å². The van der Waals surface area contributed by atoms with E-state index in [-0.39, 0.29) is 5.91 Å². The zero-order valence-electron chi connectivity index (χ0n) is 16.0. The van der Waals surface area contributed by atoms with Crippen molar-refractivity contribution in [2.45, 2.75) is 20.4 Å². The van der Waals surface area contributed by atoms with Crippen molar-refractivity contribution in [3.63, 3.8) is 0 Å². The Kier molecular flexibility index (Phi) is 5.35. The molecule has 144 valence electrons. The minimum atomic E-state index is -0.267. The highest BCUT2D eigenvalue weighted by Crippen LogP contribution is 2.23. The van der Waals surface area contributed by atoms with Gasteiger partial charge >= 0.3 is 0 Å². The van der Waals surface area contributed by atoms with Gasteiger partial charge in [0.15, 0.2) is 5.01 Å². The third-order valence-electron chi connectivity index (χ3n) is 4.26. The topological polar surface area (TPSA) is 93.6 Å². The van der Waals surface area contributed by atoms with Gasteiger partial charge in [-0.2, -0.15) is 0 Å². The van der Waals surface area contributed by atoms with E-state index in [2.05, 4.69) is 30.5 Å². The minimum Gasteiger partial charge on any atom is -0.346 e. The first-order valence-corrected chi connectivity index (χ1v) is 9.83. The minimum absolute atomic E-state index is 0.267. The molecule has 0 atom stereocenters. The summed E-state index contributed by atoms with van der Waals surface area (Å²) in [5.74, 6) is -0.267. The van der Waals surface area contributed by atoms with Crippen LogP contribution in [0.3, 0.4) is 0 Å². The lowest BCUT2D eigenvalue weighted by molar-refractivity contribution is 0.0949. The first-order chi connectivity index (χ1) is 14.1. The van der Waals surface area contributed by atoms with Gasteiger partial charge in [-0.1, -0.05) is 23.5 Å². The molecule has 0 saturated carbocycles. The second kappa shape index (κ2) is 8.24. The molecular formula is C21H18N6OS. The molecule has 0 saturated heterocycles. The van der Waals surface area contributed by atoms with E-state index in [1.54, 1.807) is 18.6 Å². The molecule has 1 amide bonds. The Morgan fingerprint density at radius 3 is 2.69 bits per heavy atom. The number of aromatic nitrogens is 5. The van der Waals surface area contributed by atoms with Gasteiger partial charge in [-0.25, -0.2) is 0 Å². The average Bonchev–Trinajstić information content (AvgIpc) is 3.23. The summed E-state index contributed by atoms with van der Waals surface area (Å²) in [5.41, 5.74) is 5.54. The molecule has 0 aromatic carbocycles. The Morgan fingerprint density at radius 1 is 1.03 bits per heavy atom. The smallest absolute Gasteiger partial charge is 0.282 e. The summed E-state index contributed by atoms with van der Waals surface area (Å²) < 4.78 is 0. The van der Waals surface area contributed by atoms with E-state index in [9.17, 15) is 4.79 Å². The summed E-state index contributed by atoms with van der Waals surface area (Å²) in [7, 11) is 0. The summed E-state index contributed by atoms with van der Waals surface area (Å²) >= 11 is 1.22. The maximum atomic E-state index is 12.4. The molecule has 4 heterocycles. The lowest BCUT2D eigenvalue weighted by Gasteiger charge is -2.09. The number of nitrogens with zero attached hydrogens (tertiary/aromatic N) is 5. The molecule has 1 N–H and O–H groups in total. The number of rotatable bonds is 5. The van der Waals surface area contributed by atoms with E-state index in [0.29, 0.717) is 22.3 Å². The molecule has 0 aliphatic carbocycles. The van der Waals surface area contributed by atoms with Gasteiger partial charge in [-0.05, 0) is 49.2 Å². The van der Waals surface area contributed by atoms with E-state index in [1.165, 1.54) is 11.3 Å². The molecule has 0 radical (unpaired) electrons. The largest absolute Gasteiger partial charge is 0.346 e. The average molecular weight is 402 g/mol. The molecule has 4 aromatic heterocycles. The van der Waals surface area contributed by atoms with Crippen molar-refractivity contribution < 1.29 is 4.79 Å². The Morgan fingerprint density at radius 2 is 1.93 bits per heavy atom. The van der Waals surface area contributed by atoms with Gasteiger partial charge in [-0.15, -0.1) is 10.2 Å². The number of pyridine rings is 3. The number of carbonyl (C=O) groups excluding carboxylic acids is 1. The Hall–Kier alpha value is -3.52. The molecule has 8 heteroatoms. The lowest BCUT2D eigenvalue weighted by Crippen LogP contribution is -2.22. The summed E-state index contributed by atoms with van der Waals surface area (Å²) in [5, 5.41) is 11.8. The molecule has 0 aliphatic rings. The maximum Gasteiger partial charge on any atom is 0.282 e. The fraction of sp³-hybridized carbons (Fsp3) is 0.143. The van der Waals surface area contributed by atoms with Crippen LogP contribution in [0.1, 0.15) is 26.6 Å². The predicted molar refractivity (Wildman–Crippen MR) is 111 cm³/mol. The molecule has 7 nitrogen and oxygen atoms in total. The molecule has 0 fully saturated rings. The highest BCUT2D eigenvalue weighted by molar-refractivity contribution is 7.16. The van der Waals surface area contributed by atoms with Crippen LogP contribution in [-0.2, 0) is 6.54 Å². The van der Waals surface area contributed by atoms with Crippen LogP contribution in [0.2, 0.25) is 0 Å². The molecule has 0 bridgehead atoms. The standard InChI is InChI=1S/C21H18N6OS/c1-13-9-15(11-24-18(13)16-6-8-22-14(2)10-16)12-25-19(28)21-27-26-20(29-21)17-5-3-4-7-23-17/h3-11H,12H2,1-2H3,(H,25,28). The van der Waals surface area contributed by atoms with Crippen LogP contribution in [0.15, 0.2) is 55.0 Å². The number of hydrogen-bond acceptors (Lipinski definition) is 7. The quantitative estimate of drug-likeness (QED) is 0.548. The van der Waals surface area contributed by atoms with Crippen molar-refractivity contribution in [3.8, 4) is 22.0 Å². The molecule has 29 heavy (non-hydrogen) atoms. The Balaban J connectivity index is 1.43. The van der Waals surface area contributed by atoms with Gasteiger partial charge in [-0.3, -0.25) is 19.7 Å². The fourth-order valence-corrected chi connectivity index (χ4v) is 3.63. The number of amides is 1. The van der Waals surface area contributed by atoms with Crippen LogP contribution in [0.5, 0.6) is 0 Å². The first-order valence-electron chi connectivity index (χ1n) is 9.02. The van der Waals surface area contributed by atoms with Crippen LogP contribution in [0.4, 0.5) is 0 Å². The van der Waals surface area contributed by atoms with Crippen LogP contribution >= 0.6 is 11.3 Å². The molecule has 4 aromatic rings. The highest BCUT2D eigenvalue weighted by atomic mass is 32.1. The number of hydrogen-bond donors (Lipinski definition) is 1. The summed E-state index contributed by atoms with van der Waals surface area (Å²) in [6, 6.07) is 11.5. The van der Waals surface area contributed by atoms with Crippen LogP contribution in [-0.4, -0.2) is 31.1 Å². The third kappa shape index (κ3) is 4.33. The van der Waals surface area contributed by atoms with E-state index in [0.717, 1.165) is 28.1 Å². The zero-order valence-corrected chi connectivity index (χ0v) is 16.8. The number of carbonyl (C=O) groups is 1. The maximum absolute atomic E-state index is 12.4. The SMILES string of the molecule is Cc1cc(-c2ncc(CNC(=O)c3nnc(-c4ccccn4)s3)cc2C)ccn1. The van der Waals surface area contributed by atoms with E-state index in [1.807, 2.05) is 50.2 Å². The third-order valence-corrected chi connectivity index (χ3v) is 5.21. The van der Waals surface area contributed by atoms with Crippen LogP contribution in [0, 0.1) is 13.8 Å². The Labute approximate surface area is 171 Å². The summed E-state index contributed by atoms with van der Waals surface area (Å²) in [4.78, 5) is 25.4. The Bertz CT molecular complexity index is 1160. The van der Waals surface area contributed by atoms with Crippen molar-refractivity contribution in [2.75, 3.05) is 0 Å². The summed E-state index contributed by atoms with van der Waals surface area (Å²) in [6.45, 7) is 4.32. The van der Waals surface area contributed by atoms with Gasteiger partial charge in [0.1, 0.15) is 5.69 Å². The second-order valence-electron chi connectivity index (χ2n) is 6.50. The molecule has 0 spiro atoms. The lowest BCUT2D eigenvalue weighted by atomic mass is 10.1. The molecule has 0 aliphatic heterocycles. The molecular weight excluding hydrogens is 384 g/mol. The van der Waals surface area contributed by atoms with Gasteiger partial charge in [0.2, 0.25) is 5.01 Å². The second-order valence-corrected chi connectivity index (χ2v) is 7.48. The molecule has 0 unspecified atom stereocenters. The van der Waals surface area contributed by atoms with Crippen LogP contribution in [0.25, 0.3) is 22.0 Å². The van der Waals surface area contributed by atoms with Crippen molar-refractivity contribution in [3.05, 3.63) is 76.8 Å². The van der Waals surface area contributed by atoms with Crippen molar-refractivity contribution in [2.24, 2.45) is 0 Å². The fourth-order valence-electron chi connectivity index (χ4n) is 2.89. The van der Waals surface area contributed by atoms with Crippen molar-refractivity contribution >= 4 is 17.2 Å². The zero-order chi connectivity index (χ0) is 20.2. The van der Waals surface area contributed by atoms with E-state index in [4.69, 9.17) is 0 Å². The summed E-state index contributed by atoms with van der Waals surface area (Å²) in [6.07, 6.45) is 5.24. The van der Waals surface area contributed by atoms with Gasteiger partial charge in [0, 0.05) is 36.4 Å². The highest BCUT2D eigenvalue weighted by Gasteiger charge is 2.14. The van der Waals surface area contributed by atoms with E-state index >= 15 is 0 Å². The predicted octanol–water partition coefficient (Wildman–Crippen LogP) is 3.60. The first kappa shape index (κ1) is 18.8. The van der Waals surface area contributed by atoms with Gasteiger partial charge in [0.05, 0.1) is 5.69 Å². The molecule has 4 rings (SSSR count). The van der Waals surface area contributed by atoms with Crippen LogP contribution < -0.4 is 5.32 Å². The van der Waals surface area contributed by atoms with Crippen molar-refractivity contribution in [1.82, 2.24) is 30.5 Å². The number of nitrogens with one attached hydrogen (secondary N) is 1. The van der Waals surface area contributed by atoms with Gasteiger partial charge < -0.3 is 5.32 Å². The normalized spacial score (nSPS) is 10.7. The monoisotopic (exact) mass is 402 g/mol.